The first-order valence-electron chi connectivity index (χ1n) is 7.71. The molecule has 0 radical (unpaired) electrons. The summed E-state index contributed by atoms with van der Waals surface area (Å²) in [6.07, 6.45) is 2.72. The molecule has 0 aromatic carbocycles. The Bertz CT molecular complexity index is 507. The maximum atomic E-state index is 12.6. The highest BCUT2D eigenvalue weighted by molar-refractivity contribution is 6.74. The monoisotopic (exact) mass is 323 g/mol. The van der Waals surface area contributed by atoms with Crippen LogP contribution in [0.5, 0.6) is 0 Å². The summed E-state index contributed by atoms with van der Waals surface area (Å²) in [5, 5.41) is 2.87. The van der Waals surface area contributed by atoms with Gasteiger partial charge in [-0.05, 0) is 31.0 Å². The van der Waals surface area contributed by atoms with Crippen molar-refractivity contribution in [1.82, 2.24) is 9.97 Å². The van der Waals surface area contributed by atoms with E-state index in [1.54, 1.807) is 12.4 Å². The number of hydrogen-bond acceptors (Lipinski definition) is 4. The third-order valence-electron chi connectivity index (χ3n) is 4.12. The molecule has 1 amide bonds. The summed E-state index contributed by atoms with van der Waals surface area (Å²) in [6.45, 7) is 16.7. The van der Waals surface area contributed by atoms with Crippen LogP contribution >= 0.6 is 0 Å². The van der Waals surface area contributed by atoms with Gasteiger partial charge in [0.25, 0.3) is 5.91 Å². The molecule has 5 nitrogen and oxygen atoms in total. The number of carbonyl (C=O) groups excluding carboxylic acids is 1. The van der Waals surface area contributed by atoms with Gasteiger partial charge in [0.15, 0.2) is 14.1 Å². The fourth-order valence-corrected chi connectivity index (χ4v) is 3.01. The number of rotatable bonds is 5. The summed E-state index contributed by atoms with van der Waals surface area (Å²) in [5.41, 5.74) is 0.816. The van der Waals surface area contributed by atoms with Crippen LogP contribution in [0.4, 0.5) is 5.82 Å². The van der Waals surface area contributed by atoms with Gasteiger partial charge in [-0.2, -0.15) is 0 Å². The molecule has 1 heterocycles. The van der Waals surface area contributed by atoms with E-state index in [1.165, 1.54) is 0 Å². The zero-order chi connectivity index (χ0) is 17.1. The van der Waals surface area contributed by atoms with Crippen LogP contribution in [0.15, 0.2) is 12.4 Å². The largest absolute Gasteiger partial charge is 0.405 e. The first-order chi connectivity index (χ1) is 9.94. The Morgan fingerprint density at radius 3 is 2.23 bits per heavy atom. The smallest absolute Gasteiger partial charge is 0.253 e. The number of nitrogens with one attached hydrogen (secondary N) is 1. The molecule has 1 rings (SSSR count). The Balaban J connectivity index is 2.87. The van der Waals surface area contributed by atoms with Crippen LogP contribution < -0.4 is 5.32 Å². The minimum Gasteiger partial charge on any atom is -0.405 e. The molecular formula is C16H29N3O2Si. The number of nitrogens with zero attached hydrogens (tertiary/aromatic N) is 2. The Morgan fingerprint density at radius 2 is 1.82 bits per heavy atom. The van der Waals surface area contributed by atoms with Gasteiger partial charge in [0.1, 0.15) is 6.10 Å². The van der Waals surface area contributed by atoms with E-state index in [9.17, 15) is 4.79 Å². The van der Waals surface area contributed by atoms with Crippen LogP contribution in [0.25, 0.3) is 0 Å². The van der Waals surface area contributed by atoms with Gasteiger partial charge in [-0.1, -0.05) is 34.6 Å². The third-order valence-corrected chi connectivity index (χ3v) is 8.58. The predicted molar refractivity (Wildman–Crippen MR) is 92.3 cm³/mol. The first kappa shape index (κ1) is 18.8. The van der Waals surface area contributed by atoms with Crippen LogP contribution in [0.2, 0.25) is 18.1 Å². The van der Waals surface area contributed by atoms with Crippen LogP contribution in [-0.4, -0.2) is 30.3 Å². The second kappa shape index (κ2) is 6.87. The van der Waals surface area contributed by atoms with Crippen LogP contribution in [-0.2, 0) is 9.22 Å². The summed E-state index contributed by atoms with van der Waals surface area (Å²) in [7, 11) is -2.02. The number of amides is 1. The molecule has 0 saturated carbocycles. The lowest BCUT2D eigenvalue weighted by atomic mass is 10.1. The van der Waals surface area contributed by atoms with E-state index in [0.717, 1.165) is 5.69 Å². The van der Waals surface area contributed by atoms with Crippen LogP contribution in [0.3, 0.4) is 0 Å². The fourth-order valence-electron chi connectivity index (χ4n) is 1.64. The molecule has 0 saturated heterocycles. The fraction of sp³-hybridized carbons (Fsp3) is 0.688. The van der Waals surface area contributed by atoms with Crippen LogP contribution in [0.1, 0.15) is 40.3 Å². The highest BCUT2D eigenvalue weighted by Gasteiger charge is 2.41. The van der Waals surface area contributed by atoms with Crippen molar-refractivity contribution < 1.29 is 9.22 Å². The van der Waals surface area contributed by atoms with Gasteiger partial charge >= 0.3 is 0 Å². The number of hydrogen-bond donors (Lipinski definition) is 1. The first-order valence-corrected chi connectivity index (χ1v) is 10.6. The zero-order valence-corrected chi connectivity index (χ0v) is 16.0. The van der Waals surface area contributed by atoms with Crippen molar-refractivity contribution in [2.24, 2.45) is 5.92 Å². The number of anilines is 1. The molecular weight excluding hydrogens is 294 g/mol. The van der Waals surface area contributed by atoms with E-state index in [2.05, 4.69) is 49.1 Å². The molecule has 0 aliphatic carbocycles. The molecule has 0 fully saturated rings. The van der Waals surface area contributed by atoms with Gasteiger partial charge in [0, 0.05) is 0 Å². The Hall–Kier alpha value is -1.27. The summed E-state index contributed by atoms with van der Waals surface area (Å²) in [6, 6.07) is 0. The standard InChI is InChI=1S/C16H29N3O2Si/c1-11(2)14(21-22(7,8)16(4,5)6)15(20)19-13-10-17-12(3)9-18-13/h9-11,14H,1-8H3,(H,18,19,20)/t14-/m0/s1. The Morgan fingerprint density at radius 1 is 1.23 bits per heavy atom. The van der Waals surface area contributed by atoms with Gasteiger partial charge < -0.3 is 9.74 Å². The van der Waals surface area contributed by atoms with E-state index in [0.29, 0.717) is 5.82 Å². The topological polar surface area (TPSA) is 64.1 Å². The highest BCUT2D eigenvalue weighted by atomic mass is 28.4. The lowest BCUT2D eigenvalue weighted by Crippen LogP contribution is -2.49. The second-order valence-corrected chi connectivity index (χ2v) is 12.3. The molecule has 1 aromatic heterocycles. The number of aryl methyl sites for hydroxylation is 1. The molecule has 22 heavy (non-hydrogen) atoms. The predicted octanol–water partition coefficient (Wildman–Crippen LogP) is 3.77. The SMILES string of the molecule is Cc1cnc(NC(=O)[C@@H](O[Si](C)(C)C(C)(C)C)C(C)C)cn1. The van der Waals surface area contributed by atoms with Crippen LogP contribution in [0, 0.1) is 12.8 Å². The van der Waals surface area contributed by atoms with Crippen molar-refractivity contribution >= 4 is 20.0 Å². The minimum atomic E-state index is -2.02. The van der Waals surface area contributed by atoms with Gasteiger partial charge in [-0.25, -0.2) is 4.98 Å². The number of carbonyl (C=O) groups is 1. The maximum Gasteiger partial charge on any atom is 0.253 e. The summed E-state index contributed by atoms with van der Waals surface area (Å²) in [4.78, 5) is 20.9. The quantitative estimate of drug-likeness (QED) is 0.838. The van der Waals surface area contributed by atoms with Crippen molar-refractivity contribution in [2.75, 3.05) is 5.32 Å². The van der Waals surface area contributed by atoms with E-state index in [4.69, 9.17) is 4.43 Å². The molecule has 1 N–H and O–H groups in total. The van der Waals surface area contributed by atoms with Crippen molar-refractivity contribution in [3.63, 3.8) is 0 Å². The van der Waals surface area contributed by atoms with Gasteiger partial charge in [-0.3, -0.25) is 9.78 Å². The Labute approximate surface area is 135 Å². The van der Waals surface area contributed by atoms with Crippen molar-refractivity contribution in [3.8, 4) is 0 Å². The second-order valence-electron chi connectivity index (χ2n) is 7.58. The van der Waals surface area contributed by atoms with E-state index in [1.807, 2.05) is 20.8 Å². The summed E-state index contributed by atoms with van der Waals surface area (Å²) in [5.74, 6) is 0.394. The van der Waals surface area contributed by atoms with Crippen molar-refractivity contribution in [1.29, 1.82) is 0 Å². The summed E-state index contributed by atoms with van der Waals surface area (Å²) < 4.78 is 6.30. The highest BCUT2D eigenvalue weighted by Crippen LogP contribution is 2.38. The third kappa shape index (κ3) is 4.88. The van der Waals surface area contributed by atoms with Gasteiger partial charge in [-0.15, -0.1) is 0 Å². The van der Waals surface area contributed by atoms with E-state index < -0.39 is 14.4 Å². The maximum absolute atomic E-state index is 12.6. The normalized spacial score (nSPS) is 14.0. The van der Waals surface area contributed by atoms with Crippen molar-refractivity contribution in [3.05, 3.63) is 18.1 Å². The minimum absolute atomic E-state index is 0.0596. The lowest BCUT2D eigenvalue weighted by Gasteiger charge is -2.39. The molecule has 0 spiro atoms. The molecule has 124 valence electrons. The van der Waals surface area contributed by atoms with E-state index >= 15 is 0 Å². The molecule has 6 heteroatoms. The molecule has 0 aliphatic heterocycles. The molecule has 0 aliphatic rings. The zero-order valence-electron chi connectivity index (χ0n) is 15.0. The molecule has 0 bridgehead atoms. The number of aromatic nitrogens is 2. The lowest BCUT2D eigenvalue weighted by molar-refractivity contribution is -0.125. The molecule has 1 aromatic rings. The van der Waals surface area contributed by atoms with Gasteiger partial charge in [0.05, 0.1) is 18.1 Å². The molecule has 1 atom stereocenters. The van der Waals surface area contributed by atoms with Gasteiger partial charge in [0.2, 0.25) is 0 Å². The summed E-state index contributed by atoms with van der Waals surface area (Å²) >= 11 is 0. The average molecular weight is 324 g/mol. The van der Waals surface area contributed by atoms with Crippen molar-refractivity contribution in [2.45, 2.75) is 65.8 Å². The molecule has 0 unspecified atom stereocenters. The van der Waals surface area contributed by atoms with E-state index in [-0.39, 0.29) is 16.9 Å². The average Bonchev–Trinajstić information content (AvgIpc) is 2.37. The Kier molecular flexibility index (Phi) is 5.87.